The maximum absolute atomic E-state index is 14.8. The molecule has 0 bridgehead atoms. The van der Waals surface area contributed by atoms with Gasteiger partial charge in [-0.25, -0.2) is 9.38 Å². The van der Waals surface area contributed by atoms with E-state index in [0.717, 1.165) is 5.56 Å². The Balaban J connectivity index is 1.77. The summed E-state index contributed by atoms with van der Waals surface area (Å²) < 4.78 is 21.8. The first-order valence-electron chi connectivity index (χ1n) is 10.4. The SMILES string of the molecule is COc1cccc(F)c1-c1ccc2[nH]c(O)c(C(=Nc3cnn(C)c3)c3ccccc3)c2c1. The molecule has 2 heterocycles. The fourth-order valence-corrected chi connectivity index (χ4v) is 3.98. The highest BCUT2D eigenvalue weighted by atomic mass is 19.1. The lowest BCUT2D eigenvalue weighted by Gasteiger charge is -2.11. The molecule has 7 heteroatoms. The predicted octanol–water partition coefficient (Wildman–Crippen LogP) is 5.59. The van der Waals surface area contributed by atoms with Gasteiger partial charge in [-0.05, 0) is 29.8 Å². The molecule has 0 aliphatic heterocycles. The molecule has 0 saturated carbocycles. The lowest BCUT2D eigenvalue weighted by atomic mass is 9.97. The van der Waals surface area contributed by atoms with Crippen molar-refractivity contribution in [2.24, 2.45) is 12.0 Å². The number of aryl methyl sites for hydroxylation is 1. The number of hydrogen-bond acceptors (Lipinski definition) is 4. The number of fused-ring (bicyclic) bond motifs is 1. The van der Waals surface area contributed by atoms with Crippen LogP contribution in [0.15, 0.2) is 84.1 Å². The van der Waals surface area contributed by atoms with Gasteiger partial charge in [-0.1, -0.05) is 42.5 Å². The summed E-state index contributed by atoms with van der Waals surface area (Å²) in [6.45, 7) is 0. The number of rotatable bonds is 5. The third kappa shape index (κ3) is 3.74. The molecule has 5 aromatic rings. The normalized spacial score (nSPS) is 11.8. The second-order valence-electron chi connectivity index (χ2n) is 7.62. The summed E-state index contributed by atoms with van der Waals surface area (Å²) >= 11 is 0. The number of aromatic amines is 1. The van der Waals surface area contributed by atoms with E-state index >= 15 is 0 Å². The van der Waals surface area contributed by atoms with Gasteiger partial charge >= 0.3 is 0 Å². The van der Waals surface area contributed by atoms with E-state index in [4.69, 9.17) is 9.73 Å². The zero-order valence-corrected chi connectivity index (χ0v) is 18.1. The minimum absolute atomic E-state index is 0.0193. The number of methoxy groups -OCH3 is 1. The number of benzene rings is 3. The summed E-state index contributed by atoms with van der Waals surface area (Å²) in [5.74, 6) is 0.0272. The molecule has 0 unspecified atom stereocenters. The topological polar surface area (TPSA) is 75.4 Å². The number of halogens is 1. The number of nitrogens with zero attached hydrogens (tertiary/aromatic N) is 3. The molecule has 0 aliphatic rings. The fraction of sp³-hybridized carbons (Fsp3) is 0.0769. The van der Waals surface area contributed by atoms with E-state index in [-0.39, 0.29) is 11.7 Å². The van der Waals surface area contributed by atoms with Gasteiger partial charge in [0, 0.05) is 23.5 Å². The Labute approximate surface area is 189 Å². The van der Waals surface area contributed by atoms with Crippen LogP contribution in [0, 0.1) is 5.82 Å². The minimum Gasteiger partial charge on any atom is -0.496 e. The van der Waals surface area contributed by atoms with Crippen LogP contribution in [-0.4, -0.2) is 32.7 Å². The van der Waals surface area contributed by atoms with Crippen LogP contribution in [0.3, 0.4) is 0 Å². The van der Waals surface area contributed by atoms with Crippen molar-refractivity contribution in [2.45, 2.75) is 0 Å². The lowest BCUT2D eigenvalue weighted by Crippen LogP contribution is -2.02. The Hall–Kier alpha value is -4.39. The number of aromatic nitrogens is 3. The first-order chi connectivity index (χ1) is 16.0. The van der Waals surface area contributed by atoms with Crippen LogP contribution in [0.2, 0.25) is 0 Å². The summed E-state index contributed by atoms with van der Waals surface area (Å²) in [6.07, 6.45) is 3.45. The number of nitrogens with one attached hydrogen (secondary N) is 1. The molecule has 0 radical (unpaired) electrons. The van der Waals surface area contributed by atoms with E-state index in [9.17, 15) is 9.50 Å². The molecule has 0 aliphatic carbocycles. The van der Waals surface area contributed by atoms with Crippen LogP contribution in [0.1, 0.15) is 11.1 Å². The van der Waals surface area contributed by atoms with Gasteiger partial charge in [-0.2, -0.15) is 5.10 Å². The molecule has 0 fully saturated rings. The lowest BCUT2D eigenvalue weighted by molar-refractivity contribution is 0.413. The third-order valence-electron chi connectivity index (χ3n) is 5.48. The largest absolute Gasteiger partial charge is 0.496 e. The van der Waals surface area contributed by atoms with Crippen LogP contribution in [0.4, 0.5) is 10.1 Å². The molecule has 0 saturated heterocycles. The number of aromatic hydroxyl groups is 1. The average molecular weight is 440 g/mol. The van der Waals surface area contributed by atoms with Gasteiger partial charge in [0.05, 0.1) is 36.3 Å². The van der Waals surface area contributed by atoms with Crippen LogP contribution in [0.25, 0.3) is 22.0 Å². The predicted molar refractivity (Wildman–Crippen MR) is 127 cm³/mol. The first kappa shape index (κ1) is 20.5. The second-order valence-corrected chi connectivity index (χ2v) is 7.62. The second kappa shape index (κ2) is 8.27. The molecule has 33 heavy (non-hydrogen) atoms. The number of aliphatic imine (C=N–C) groups is 1. The van der Waals surface area contributed by atoms with Crippen LogP contribution in [0.5, 0.6) is 11.6 Å². The highest BCUT2D eigenvalue weighted by Crippen LogP contribution is 2.37. The molecule has 164 valence electrons. The van der Waals surface area contributed by atoms with Crippen molar-refractivity contribution in [1.29, 1.82) is 0 Å². The molecule has 2 aromatic heterocycles. The fourth-order valence-electron chi connectivity index (χ4n) is 3.98. The van der Waals surface area contributed by atoms with Gasteiger partial charge in [0.15, 0.2) is 5.88 Å². The Kier molecular flexibility index (Phi) is 5.14. The summed E-state index contributed by atoms with van der Waals surface area (Å²) in [7, 11) is 3.33. The van der Waals surface area contributed by atoms with Crippen molar-refractivity contribution in [1.82, 2.24) is 14.8 Å². The number of hydrogen-bond donors (Lipinski definition) is 2. The standard InChI is InChI=1S/C26H21FN4O2/c1-31-15-18(14-28-31)29-25(16-7-4-3-5-8-16)24-19-13-17(11-12-21(19)30-26(24)32)23-20(27)9-6-10-22(23)33-2/h3-15,30,32H,1-2H3. The Morgan fingerprint density at radius 2 is 1.91 bits per heavy atom. The molecular formula is C26H21FN4O2. The van der Waals surface area contributed by atoms with Crippen molar-refractivity contribution in [2.75, 3.05) is 7.11 Å². The van der Waals surface area contributed by atoms with Crippen LogP contribution >= 0.6 is 0 Å². The molecule has 0 spiro atoms. The van der Waals surface area contributed by atoms with Gasteiger partial charge in [-0.3, -0.25) is 4.68 Å². The van der Waals surface area contributed by atoms with Gasteiger partial charge in [0.25, 0.3) is 0 Å². The van der Waals surface area contributed by atoms with Gasteiger partial charge in [0.2, 0.25) is 0 Å². The zero-order chi connectivity index (χ0) is 22.9. The minimum atomic E-state index is -0.387. The Morgan fingerprint density at radius 3 is 2.64 bits per heavy atom. The zero-order valence-electron chi connectivity index (χ0n) is 18.1. The maximum Gasteiger partial charge on any atom is 0.199 e. The summed E-state index contributed by atoms with van der Waals surface area (Å²) in [5.41, 5.74) is 4.27. The van der Waals surface area contributed by atoms with E-state index in [1.54, 1.807) is 35.3 Å². The van der Waals surface area contributed by atoms with Crippen molar-refractivity contribution in [3.8, 4) is 22.8 Å². The molecule has 2 N–H and O–H groups in total. The molecule has 6 nitrogen and oxygen atoms in total. The average Bonchev–Trinajstić information content (AvgIpc) is 3.39. The van der Waals surface area contributed by atoms with Crippen molar-refractivity contribution in [3.63, 3.8) is 0 Å². The van der Waals surface area contributed by atoms with Crippen LogP contribution in [-0.2, 0) is 7.05 Å². The Morgan fingerprint density at radius 1 is 1.09 bits per heavy atom. The molecular weight excluding hydrogens is 419 g/mol. The van der Waals surface area contributed by atoms with Crippen molar-refractivity contribution >= 4 is 22.3 Å². The van der Waals surface area contributed by atoms with E-state index < -0.39 is 0 Å². The molecule has 0 amide bonds. The molecule has 5 rings (SSSR count). The third-order valence-corrected chi connectivity index (χ3v) is 5.48. The highest BCUT2D eigenvalue weighted by Gasteiger charge is 2.21. The van der Waals surface area contributed by atoms with E-state index in [0.29, 0.717) is 44.7 Å². The van der Waals surface area contributed by atoms with Gasteiger partial charge in [-0.15, -0.1) is 0 Å². The smallest absolute Gasteiger partial charge is 0.199 e. The van der Waals surface area contributed by atoms with E-state index in [1.165, 1.54) is 13.2 Å². The first-order valence-corrected chi connectivity index (χ1v) is 10.4. The molecule has 3 aromatic carbocycles. The monoisotopic (exact) mass is 440 g/mol. The van der Waals surface area contributed by atoms with Gasteiger partial charge < -0.3 is 14.8 Å². The maximum atomic E-state index is 14.8. The number of H-pyrrole nitrogens is 1. The van der Waals surface area contributed by atoms with E-state index in [2.05, 4.69) is 10.1 Å². The summed E-state index contributed by atoms with van der Waals surface area (Å²) in [4.78, 5) is 7.83. The van der Waals surface area contributed by atoms with Crippen molar-refractivity contribution < 1.29 is 14.2 Å². The van der Waals surface area contributed by atoms with E-state index in [1.807, 2.05) is 49.5 Å². The Bertz CT molecular complexity index is 1490. The highest BCUT2D eigenvalue weighted by molar-refractivity contribution is 6.22. The number of ether oxygens (including phenoxy) is 1. The summed E-state index contributed by atoms with van der Waals surface area (Å²) in [5, 5.41) is 15.8. The van der Waals surface area contributed by atoms with Gasteiger partial charge in [0.1, 0.15) is 17.3 Å². The summed E-state index contributed by atoms with van der Waals surface area (Å²) in [6, 6.07) is 19.8. The quantitative estimate of drug-likeness (QED) is 0.350. The molecule has 0 atom stereocenters. The van der Waals surface area contributed by atoms with Crippen molar-refractivity contribution in [3.05, 3.63) is 96.1 Å². The van der Waals surface area contributed by atoms with Crippen LogP contribution < -0.4 is 4.74 Å².